The van der Waals surface area contributed by atoms with Crippen molar-refractivity contribution in [2.75, 3.05) is 0 Å². The van der Waals surface area contributed by atoms with Crippen LogP contribution in [0.15, 0.2) is 170 Å². The summed E-state index contributed by atoms with van der Waals surface area (Å²) in [4.78, 5) is 3.84. The maximum Gasteiger partial charge on any atom is 0.0544 e. The number of aromatic amines is 1. The number of hydrogen-bond acceptors (Lipinski definition) is 0. The number of hydrogen-bond donors (Lipinski definition) is 1. The van der Waals surface area contributed by atoms with E-state index in [4.69, 9.17) is 0 Å². The smallest absolute Gasteiger partial charge is 0.0544 e. The molecule has 9 aromatic rings. The van der Waals surface area contributed by atoms with Gasteiger partial charge in [-0.2, -0.15) is 0 Å². The summed E-state index contributed by atoms with van der Waals surface area (Å²) < 4.78 is 0. The molecule has 8 aromatic carbocycles. The lowest BCUT2D eigenvalue weighted by molar-refractivity contribution is 1.45. The molecule has 0 unspecified atom stereocenters. The van der Waals surface area contributed by atoms with E-state index in [1.165, 1.54) is 76.6 Å². The van der Waals surface area contributed by atoms with Crippen LogP contribution in [0.5, 0.6) is 0 Å². The van der Waals surface area contributed by atoms with E-state index >= 15 is 0 Å². The Morgan fingerprint density at radius 1 is 0.289 bits per heavy atom. The Morgan fingerprint density at radius 2 is 0.778 bits per heavy atom. The molecule has 0 aliphatic heterocycles. The van der Waals surface area contributed by atoms with Gasteiger partial charge in [0.15, 0.2) is 0 Å². The predicted octanol–water partition coefficient (Wildman–Crippen LogP) is 12.3. The van der Waals surface area contributed by atoms with Gasteiger partial charge in [-0.3, -0.25) is 0 Å². The first-order valence-corrected chi connectivity index (χ1v) is 15.5. The molecule has 1 nitrogen and oxygen atoms in total. The molecular formula is C44H29N. The Balaban J connectivity index is 1.32. The molecule has 0 aliphatic rings. The van der Waals surface area contributed by atoms with Crippen LogP contribution in [0.1, 0.15) is 0 Å². The monoisotopic (exact) mass is 571 g/mol. The third kappa shape index (κ3) is 4.17. The molecular weight excluding hydrogens is 542 g/mol. The van der Waals surface area contributed by atoms with Crippen LogP contribution < -0.4 is 0 Å². The maximum atomic E-state index is 3.84. The van der Waals surface area contributed by atoms with Gasteiger partial charge in [-0.25, -0.2) is 0 Å². The van der Waals surface area contributed by atoms with Gasteiger partial charge in [-0.15, -0.1) is 0 Å². The number of fused-ring (bicyclic) bond motifs is 4. The molecule has 0 saturated heterocycles. The first kappa shape index (κ1) is 25.6. The zero-order valence-corrected chi connectivity index (χ0v) is 24.7. The highest BCUT2D eigenvalue weighted by Gasteiger charge is 2.19. The molecule has 0 fully saturated rings. The highest BCUT2D eigenvalue weighted by molar-refractivity contribution is 6.22. The van der Waals surface area contributed by atoms with E-state index in [-0.39, 0.29) is 0 Å². The second kappa shape index (κ2) is 10.4. The van der Waals surface area contributed by atoms with Crippen molar-refractivity contribution in [2.24, 2.45) is 0 Å². The lowest BCUT2D eigenvalue weighted by Crippen LogP contribution is -1.91. The Kier molecular flexibility index (Phi) is 5.89. The second-order valence-electron chi connectivity index (χ2n) is 11.8. The number of benzene rings is 8. The van der Waals surface area contributed by atoms with E-state index in [0.717, 1.165) is 11.2 Å². The summed E-state index contributed by atoms with van der Waals surface area (Å²) in [7, 11) is 0. The van der Waals surface area contributed by atoms with Crippen LogP contribution in [0.25, 0.3) is 87.9 Å². The minimum atomic E-state index is 1.14. The number of aromatic nitrogens is 1. The van der Waals surface area contributed by atoms with Gasteiger partial charge in [0, 0.05) is 16.5 Å². The van der Waals surface area contributed by atoms with E-state index < -0.39 is 0 Å². The molecule has 0 radical (unpaired) electrons. The average molecular weight is 572 g/mol. The molecule has 1 heterocycles. The summed E-state index contributed by atoms with van der Waals surface area (Å²) in [6.07, 6.45) is 0. The normalized spacial score (nSPS) is 11.6. The van der Waals surface area contributed by atoms with Crippen molar-refractivity contribution in [3.8, 4) is 44.6 Å². The molecule has 9 rings (SSSR count). The maximum absolute atomic E-state index is 3.84. The Labute approximate surface area is 262 Å². The fraction of sp³-hybridized carbons (Fsp3) is 0. The topological polar surface area (TPSA) is 15.8 Å². The number of nitrogens with one attached hydrogen (secondary N) is 1. The molecule has 1 N–H and O–H groups in total. The summed E-state index contributed by atoms with van der Waals surface area (Å²) in [6, 6.07) is 61.6. The first-order valence-electron chi connectivity index (χ1n) is 15.5. The molecule has 0 bridgehead atoms. The minimum Gasteiger partial charge on any atom is -0.354 e. The zero-order chi connectivity index (χ0) is 29.7. The van der Waals surface area contributed by atoms with Gasteiger partial charge in [-0.1, -0.05) is 158 Å². The van der Waals surface area contributed by atoms with Crippen LogP contribution in [0.2, 0.25) is 0 Å². The molecule has 210 valence electrons. The molecule has 45 heavy (non-hydrogen) atoms. The lowest BCUT2D eigenvalue weighted by Gasteiger charge is -2.18. The molecule has 1 heteroatoms. The average Bonchev–Trinajstić information content (AvgIpc) is 3.50. The van der Waals surface area contributed by atoms with Crippen molar-refractivity contribution in [1.29, 1.82) is 0 Å². The summed E-state index contributed by atoms with van der Waals surface area (Å²) in [5.41, 5.74) is 10.9. The summed E-state index contributed by atoms with van der Waals surface area (Å²) >= 11 is 0. The van der Waals surface area contributed by atoms with E-state index in [9.17, 15) is 0 Å². The standard InChI is InChI=1S/C44H29N/c1-3-14-30(15-4-1)43-39-26-25-34(28-40(39)45-44(43)31-16-5-2-6-17-31)42-37-21-11-9-19-35(37)41(36-20-10-12-22-38(36)42)33-24-23-29-13-7-8-18-32(29)27-33/h1-28,45H. The molecule has 0 amide bonds. The van der Waals surface area contributed by atoms with Crippen molar-refractivity contribution in [1.82, 2.24) is 4.98 Å². The molecule has 0 spiro atoms. The van der Waals surface area contributed by atoms with Gasteiger partial charge in [0.2, 0.25) is 0 Å². The minimum absolute atomic E-state index is 1.14. The van der Waals surface area contributed by atoms with Crippen LogP contribution in [-0.4, -0.2) is 4.98 Å². The van der Waals surface area contributed by atoms with Crippen molar-refractivity contribution in [2.45, 2.75) is 0 Å². The third-order valence-electron chi connectivity index (χ3n) is 9.18. The second-order valence-corrected chi connectivity index (χ2v) is 11.8. The summed E-state index contributed by atoms with van der Waals surface area (Å²) in [6.45, 7) is 0. The summed E-state index contributed by atoms with van der Waals surface area (Å²) in [5.74, 6) is 0. The van der Waals surface area contributed by atoms with E-state index in [2.05, 4.69) is 175 Å². The van der Waals surface area contributed by atoms with Crippen LogP contribution in [-0.2, 0) is 0 Å². The van der Waals surface area contributed by atoms with Crippen molar-refractivity contribution in [3.63, 3.8) is 0 Å². The Morgan fingerprint density at radius 3 is 1.40 bits per heavy atom. The van der Waals surface area contributed by atoms with Gasteiger partial charge in [0.1, 0.15) is 0 Å². The van der Waals surface area contributed by atoms with Gasteiger partial charge in [0.05, 0.1) is 5.69 Å². The predicted molar refractivity (Wildman–Crippen MR) is 193 cm³/mol. The molecule has 0 saturated carbocycles. The van der Waals surface area contributed by atoms with Crippen LogP contribution >= 0.6 is 0 Å². The van der Waals surface area contributed by atoms with Gasteiger partial charge >= 0.3 is 0 Å². The van der Waals surface area contributed by atoms with Crippen LogP contribution in [0.4, 0.5) is 0 Å². The van der Waals surface area contributed by atoms with Crippen molar-refractivity contribution < 1.29 is 0 Å². The van der Waals surface area contributed by atoms with E-state index in [1.54, 1.807) is 0 Å². The molecule has 0 atom stereocenters. The lowest BCUT2D eigenvalue weighted by atomic mass is 9.85. The number of rotatable bonds is 4. The van der Waals surface area contributed by atoms with Crippen LogP contribution in [0, 0.1) is 0 Å². The highest BCUT2D eigenvalue weighted by atomic mass is 14.7. The SMILES string of the molecule is c1ccc(-c2[nH]c3cc(-c4c5ccccc5c(-c5ccc6ccccc6c5)c5ccccc45)ccc3c2-c2ccccc2)cc1. The summed E-state index contributed by atoms with van der Waals surface area (Å²) in [5, 5.41) is 8.80. The number of H-pyrrole nitrogens is 1. The van der Waals surface area contributed by atoms with Crippen molar-refractivity contribution >= 4 is 43.2 Å². The first-order chi connectivity index (χ1) is 22.3. The molecule has 1 aromatic heterocycles. The molecule has 0 aliphatic carbocycles. The van der Waals surface area contributed by atoms with E-state index in [0.29, 0.717) is 0 Å². The highest BCUT2D eigenvalue weighted by Crippen LogP contribution is 2.46. The zero-order valence-electron chi connectivity index (χ0n) is 24.7. The largest absolute Gasteiger partial charge is 0.354 e. The van der Waals surface area contributed by atoms with Gasteiger partial charge in [-0.05, 0) is 77.8 Å². The third-order valence-corrected chi connectivity index (χ3v) is 9.18. The Hall–Kier alpha value is -5.92. The fourth-order valence-electron chi connectivity index (χ4n) is 7.17. The quantitative estimate of drug-likeness (QED) is 0.202. The van der Waals surface area contributed by atoms with E-state index in [1.807, 2.05) is 0 Å². The van der Waals surface area contributed by atoms with Crippen molar-refractivity contribution in [3.05, 3.63) is 170 Å². The Bertz CT molecular complexity index is 2460. The fourth-order valence-corrected chi connectivity index (χ4v) is 7.17. The van der Waals surface area contributed by atoms with Gasteiger partial charge < -0.3 is 4.98 Å². The van der Waals surface area contributed by atoms with Gasteiger partial charge in [0.25, 0.3) is 0 Å². The van der Waals surface area contributed by atoms with Crippen LogP contribution in [0.3, 0.4) is 0 Å².